The van der Waals surface area contributed by atoms with Gasteiger partial charge in [-0.25, -0.2) is 0 Å². The summed E-state index contributed by atoms with van der Waals surface area (Å²) < 4.78 is 18.8. The summed E-state index contributed by atoms with van der Waals surface area (Å²) in [7, 11) is -1.85. The fraction of sp³-hybridized carbons (Fsp3) is 0.706. The average Bonchev–Trinajstić information content (AvgIpc) is 2.52. The van der Waals surface area contributed by atoms with E-state index in [9.17, 15) is 4.39 Å². The first kappa shape index (κ1) is 19.9. The zero-order valence-electron chi connectivity index (χ0n) is 14.1. The molecule has 1 heterocycles. The first-order valence-corrected chi connectivity index (χ1v) is 8.80. The smallest absolute Gasteiger partial charge is 0.478 e. The summed E-state index contributed by atoms with van der Waals surface area (Å²) >= 11 is 0. The minimum atomic E-state index is -1.85. The van der Waals surface area contributed by atoms with Crippen LogP contribution in [-0.4, -0.2) is 28.8 Å². The molecule has 0 spiro atoms. The Morgan fingerprint density at radius 2 is 1.52 bits per heavy atom. The lowest BCUT2D eigenvalue weighted by Gasteiger charge is -2.07. The third-order valence-corrected chi connectivity index (χ3v) is 3.88. The molecule has 0 aliphatic rings. The predicted octanol–water partition coefficient (Wildman–Crippen LogP) is 3.20. The molecule has 0 saturated carbocycles. The van der Waals surface area contributed by atoms with E-state index in [1.54, 1.807) is 0 Å². The Hall–Kier alpha value is -1.14. The van der Waals surface area contributed by atoms with Crippen LogP contribution in [0.3, 0.4) is 0 Å². The maximum Gasteiger partial charge on any atom is 0.493 e. The topological polar surface area (TPSA) is 62.6 Å². The summed E-state index contributed by atoms with van der Waals surface area (Å²) in [4.78, 5) is 3.57. The van der Waals surface area contributed by atoms with Gasteiger partial charge in [0, 0.05) is 11.5 Å². The summed E-state index contributed by atoms with van der Waals surface area (Å²) in [5.41, 5.74) is -0.240. The number of hydrogen-bond donors (Lipinski definition) is 2. The third kappa shape index (κ3) is 8.91. The van der Waals surface area contributed by atoms with Crippen molar-refractivity contribution in [1.29, 1.82) is 0 Å². The van der Waals surface area contributed by atoms with Gasteiger partial charge in [-0.3, -0.25) is 0 Å². The van der Waals surface area contributed by atoms with Crippen molar-refractivity contribution in [1.82, 2.24) is 4.98 Å². The van der Waals surface area contributed by atoms with E-state index in [1.807, 2.05) is 0 Å². The lowest BCUT2D eigenvalue weighted by atomic mass is 9.81. The highest BCUT2D eigenvalue weighted by Crippen LogP contribution is 2.11. The molecule has 6 heteroatoms. The molecule has 4 nitrogen and oxygen atoms in total. The first-order chi connectivity index (χ1) is 11.1. The highest BCUT2D eigenvalue weighted by atomic mass is 19.1. The second-order valence-electron chi connectivity index (χ2n) is 5.93. The zero-order valence-corrected chi connectivity index (χ0v) is 14.1. The van der Waals surface area contributed by atoms with Crippen LogP contribution in [0.15, 0.2) is 12.1 Å². The van der Waals surface area contributed by atoms with Crippen LogP contribution in [0.25, 0.3) is 0 Å². The number of hydrogen-bond acceptors (Lipinski definition) is 4. The van der Waals surface area contributed by atoms with Gasteiger partial charge in [0.2, 0.25) is 11.8 Å². The van der Waals surface area contributed by atoms with E-state index in [4.69, 9.17) is 14.8 Å². The van der Waals surface area contributed by atoms with Crippen LogP contribution < -0.4 is 10.2 Å². The van der Waals surface area contributed by atoms with Crippen LogP contribution in [0.2, 0.25) is 0 Å². The molecule has 0 aliphatic heterocycles. The summed E-state index contributed by atoms with van der Waals surface area (Å²) in [5, 5.41) is 17.8. The van der Waals surface area contributed by atoms with E-state index in [1.165, 1.54) is 63.5 Å². The number of pyridine rings is 1. The fourth-order valence-electron chi connectivity index (χ4n) is 2.47. The second kappa shape index (κ2) is 12.3. The van der Waals surface area contributed by atoms with Gasteiger partial charge in [-0.15, -0.1) is 0 Å². The molecule has 0 aliphatic carbocycles. The molecule has 0 atom stereocenters. The van der Waals surface area contributed by atoms with Gasteiger partial charge >= 0.3 is 7.12 Å². The van der Waals surface area contributed by atoms with Crippen molar-refractivity contribution < 1.29 is 19.2 Å². The normalized spacial score (nSPS) is 10.8. The summed E-state index contributed by atoms with van der Waals surface area (Å²) in [6, 6.07) is 2.73. The molecule has 1 rings (SSSR count). The molecule has 0 fully saturated rings. The van der Waals surface area contributed by atoms with Gasteiger partial charge in [-0.1, -0.05) is 70.8 Å². The van der Waals surface area contributed by atoms with Crippen molar-refractivity contribution in [2.45, 2.75) is 71.1 Å². The summed E-state index contributed by atoms with van der Waals surface area (Å²) in [5.74, 6) is -0.719. The van der Waals surface area contributed by atoms with Gasteiger partial charge in [-0.2, -0.15) is 9.37 Å². The molecule has 2 N–H and O–H groups in total. The third-order valence-electron chi connectivity index (χ3n) is 3.88. The minimum absolute atomic E-state index is 0.183. The van der Waals surface area contributed by atoms with Crippen LogP contribution in [0.1, 0.15) is 71.1 Å². The summed E-state index contributed by atoms with van der Waals surface area (Å²) in [6.45, 7) is 2.74. The fourth-order valence-corrected chi connectivity index (χ4v) is 2.47. The van der Waals surface area contributed by atoms with Crippen LogP contribution in [-0.2, 0) is 0 Å². The van der Waals surface area contributed by atoms with Gasteiger partial charge in [-0.05, 0) is 6.42 Å². The molecule has 0 bridgehead atoms. The van der Waals surface area contributed by atoms with Crippen molar-refractivity contribution in [3.63, 3.8) is 0 Å². The Morgan fingerprint density at radius 1 is 0.957 bits per heavy atom. The highest BCUT2D eigenvalue weighted by molar-refractivity contribution is 6.58. The minimum Gasteiger partial charge on any atom is -0.478 e. The first-order valence-electron chi connectivity index (χ1n) is 8.80. The van der Waals surface area contributed by atoms with E-state index >= 15 is 0 Å². The van der Waals surface area contributed by atoms with E-state index in [-0.39, 0.29) is 11.3 Å². The van der Waals surface area contributed by atoms with Gasteiger partial charge in [0.25, 0.3) is 0 Å². The van der Waals surface area contributed by atoms with E-state index < -0.39 is 13.1 Å². The molecule has 130 valence electrons. The standard InChI is InChI=1S/C17H29BFNO3/c1-2-3-4-5-6-7-8-9-10-11-14-23-16-13-12-15(18(21)22)17(19)20-16/h12-13,21-22H,2-11,14H2,1H3. The average molecular weight is 325 g/mol. The Balaban J connectivity index is 2.02. The zero-order chi connectivity index (χ0) is 16.9. The SMILES string of the molecule is CCCCCCCCCCCCOc1ccc(B(O)O)c(F)n1. The Labute approximate surface area is 139 Å². The van der Waals surface area contributed by atoms with Gasteiger partial charge in [0.1, 0.15) is 0 Å². The van der Waals surface area contributed by atoms with Crippen LogP contribution in [0.4, 0.5) is 4.39 Å². The molecule has 23 heavy (non-hydrogen) atoms. The van der Waals surface area contributed by atoms with Crippen molar-refractivity contribution in [3.05, 3.63) is 18.1 Å². The number of aromatic nitrogens is 1. The molecule has 1 aromatic heterocycles. The predicted molar refractivity (Wildman–Crippen MR) is 91.4 cm³/mol. The van der Waals surface area contributed by atoms with Gasteiger partial charge in [0.05, 0.1) is 6.61 Å². The molecule has 0 radical (unpaired) electrons. The number of nitrogens with zero attached hydrogens (tertiary/aromatic N) is 1. The van der Waals surface area contributed by atoms with Gasteiger partial charge < -0.3 is 14.8 Å². The number of halogens is 1. The number of unbranched alkanes of at least 4 members (excludes halogenated alkanes) is 9. The summed E-state index contributed by atoms with van der Waals surface area (Å²) in [6.07, 6.45) is 12.5. The lowest BCUT2D eigenvalue weighted by Crippen LogP contribution is -2.33. The van der Waals surface area contributed by atoms with E-state index in [0.717, 1.165) is 12.8 Å². The second-order valence-corrected chi connectivity index (χ2v) is 5.93. The Bertz CT molecular complexity index is 432. The number of rotatable bonds is 13. The van der Waals surface area contributed by atoms with Crippen molar-refractivity contribution in [2.75, 3.05) is 6.61 Å². The lowest BCUT2D eigenvalue weighted by molar-refractivity contribution is 0.289. The largest absolute Gasteiger partial charge is 0.493 e. The maximum atomic E-state index is 13.4. The van der Waals surface area contributed by atoms with E-state index in [0.29, 0.717) is 6.61 Å². The quantitative estimate of drug-likeness (QED) is 0.332. The molecule has 0 amide bonds. The molecule has 1 aromatic rings. The van der Waals surface area contributed by atoms with Crippen molar-refractivity contribution in [2.24, 2.45) is 0 Å². The number of ether oxygens (including phenoxy) is 1. The highest BCUT2D eigenvalue weighted by Gasteiger charge is 2.17. The Morgan fingerprint density at radius 3 is 2.04 bits per heavy atom. The molecule has 0 aromatic carbocycles. The molecule has 0 saturated heterocycles. The van der Waals surface area contributed by atoms with E-state index in [2.05, 4.69) is 11.9 Å². The van der Waals surface area contributed by atoms with Crippen LogP contribution in [0, 0.1) is 5.95 Å². The Kier molecular flexibility index (Phi) is 10.7. The molecule has 0 unspecified atom stereocenters. The monoisotopic (exact) mass is 325 g/mol. The van der Waals surface area contributed by atoms with Crippen molar-refractivity contribution >= 4 is 12.6 Å². The maximum absolute atomic E-state index is 13.4. The van der Waals surface area contributed by atoms with Crippen molar-refractivity contribution in [3.8, 4) is 5.88 Å². The van der Waals surface area contributed by atoms with Crippen LogP contribution >= 0.6 is 0 Å². The van der Waals surface area contributed by atoms with Crippen LogP contribution in [0.5, 0.6) is 5.88 Å². The molecular formula is C17H29BFNO3. The molecular weight excluding hydrogens is 296 g/mol. The van der Waals surface area contributed by atoms with Gasteiger partial charge in [0.15, 0.2) is 0 Å².